The molecule has 128 valence electrons. The first-order valence-corrected chi connectivity index (χ1v) is 8.15. The second kappa shape index (κ2) is 6.16. The van der Waals surface area contributed by atoms with Crippen molar-refractivity contribution in [2.75, 3.05) is 13.7 Å². The largest absolute Gasteiger partial charge is 0.468 e. The molecule has 2 aromatic rings. The van der Waals surface area contributed by atoms with Crippen molar-refractivity contribution in [2.24, 2.45) is 16.8 Å². The summed E-state index contributed by atoms with van der Waals surface area (Å²) in [5.41, 5.74) is 1.48. The zero-order valence-corrected chi connectivity index (χ0v) is 13.7. The maximum atomic E-state index is 12.6. The van der Waals surface area contributed by atoms with E-state index in [1.807, 2.05) is 12.1 Å². The van der Waals surface area contributed by atoms with Crippen molar-refractivity contribution >= 4 is 34.8 Å². The molecule has 4 rings (SSSR count). The third-order valence-electron chi connectivity index (χ3n) is 4.38. The van der Waals surface area contributed by atoms with Crippen molar-refractivity contribution in [3.63, 3.8) is 0 Å². The van der Waals surface area contributed by atoms with Gasteiger partial charge in [0.2, 0.25) is 11.7 Å². The van der Waals surface area contributed by atoms with Gasteiger partial charge >= 0.3 is 5.97 Å². The number of nitrogens with one attached hydrogen (secondary N) is 1. The topological polar surface area (TPSA) is 93.6 Å². The van der Waals surface area contributed by atoms with Crippen LogP contribution in [0.2, 0.25) is 0 Å². The lowest BCUT2D eigenvalue weighted by Crippen LogP contribution is -2.27. The average molecular weight is 339 g/mol. The molecule has 0 radical (unpaired) electrons. The van der Waals surface area contributed by atoms with E-state index in [4.69, 9.17) is 9.47 Å². The van der Waals surface area contributed by atoms with E-state index >= 15 is 0 Å². The van der Waals surface area contributed by atoms with Crippen LogP contribution in [0.5, 0.6) is 0 Å². The summed E-state index contributed by atoms with van der Waals surface area (Å²) in [6.07, 6.45) is 7.28. The number of fused-ring (bicyclic) bond motifs is 1. The number of H-pyrrole nitrogens is 1. The van der Waals surface area contributed by atoms with Gasteiger partial charge in [0, 0.05) is 29.9 Å². The SMILES string of the molecule is COC(=O)C1C(=O)/C(=C/c2c[nH]c3ncccc23)OC1=NCC1CC1. The Bertz CT molecular complexity index is 908. The molecule has 1 N–H and O–H groups in total. The van der Waals surface area contributed by atoms with Crippen LogP contribution in [0.4, 0.5) is 0 Å². The number of pyridine rings is 1. The Morgan fingerprint density at radius 3 is 3.12 bits per heavy atom. The van der Waals surface area contributed by atoms with E-state index in [0.717, 1.165) is 23.8 Å². The first kappa shape index (κ1) is 15.6. The fourth-order valence-corrected chi connectivity index (χ4v) is 2.78. The van der Waals surface area contributed by atoms with Gasteiger partial charge in [-0.2, -0.15) is 0 Å². The minimum Gasteiger partial charge on any atom is -0.468 e. The molecular weight excluding hydrogens is 322 g/mol. The smallest absolute Gasteiger partial charge is 0.326 e. The number of nitrogens with zero attached hydrogens (tertiary/aromatic N) is 2. The van der Waals surface area contributed by atoms with Crippen LogP contribution in [0, 0.1) is 11.8 Å². The Hall–Kier alpha value is -2.96. The van der Waals surface area contributed by atoms with Crippen molar-refractivity contribution < 1.29 is 19.1 Å². The highest BCUT2D eigenvalue weighted by Gasteiger charge is 2.44. The van der Waals surface area contributed by atoms with E-state index in [0.29, 0.717) is 18.1 Å². The normalized spacial score (nSPS) is 23.4. The van der Waals surface area contributed by atoms with E-state index in [1.165, 1.54) is 7.11 Å². The highest BCUT2D eigenvalue weighted by molar-refractivity contribution is 6.27. The third-order valence-corrected chi connectivity index (χ3v) is 4.38. The van der Waals surface area contributed by atoms with E-state index in [1.54, 1.807) is 18.5 Å². The van der Waals surface area contributed by atoms with Gasteiger partial charge in [-0.3, -0.25) is 14.6 Å². The highest BCUT2D eigenvalue weighted by atomic mass is 16.5. The molecule has 25 heavy (non-hydrogen) atoms. The number of carbonyl (C=O) groups excluding carboxylic acids is 2. The summed E-state index contributed by atoms with van der Waals surface area (Å²) in [7, 11) is 1.25. The molecule has 1 unspecified atom stereocenters. The summed E-state index contributed by atoms with van der Waals surface area (Å²) in [6, 6.07) is 3.71. The number of carbonyl (C=O) groups is 2. The van der Waals surface area contributed by atoms with Gasteiger partial charge in [-0.15, -0.1) is 0 Å². The van der Waals surface area contributed by atoms with Crippen molar-refractivity contribution in [1.29, 1.82) is 0 Å². The van der Waals surface area contributed by atoms with Gasteiger partial charge in [0.05, 0.1) is 7.11 Å². The van der Waals surface area contributed by atoms with E-state index in [-0.39, 0.29) is 11.7 Å². The molecule has 2 aliphatic rings. The second-order valence-electron chi connectivity index (χ2n) is 6.20. The molecule has 0 spiro atoms. The Morgan fingerprint density at radius 2 is 2.36 bits per heavy atom. The number of allylic oxidation sites excluding steroid dienone is 1. The minimum absolute atomic E-state index is 0.0923. The van der Waals surface area contributed by atoms with Crippen LogP contribution in [0.15, 0.2) is 35.3 Å². The fourth-order valence-electron chi connectivity index (χ4n) is 2.78. The standard InChI is InChI=1S/C18H17N3O4/c1-24-18(23)14-15(22)13(25-17(14)21-8-10-4-5-10)7-11-9-20-16-12(11)3-2-6-19-16/h2-3,6-7,9-10,14H,4-5,8H2,1H3,(H,19,20)/b13-7-,21-17?. The lowest BCUT2D eigenvalue weighted by molar-refractivity contribution is -0.145. The molecule has 1 aliphatic carbocycles. The number of hydrogen-bond donors (Lipinski definition) is 1. The second-order valence-corrected chi connectivity index (χ2v) is 6.20. The Labute approximate surface area is 143 Å². The number of methoxy groups -OCH3 is 1. The van der Waals surface area contributed by atoms with Crippen LogP contribution in [-0.2, 0) is 19.1 Å². The van der Waals surface area contributed by atoms with Crippen molar-refractivity contribution in [3.8, 4) is 0 Å². The molecule has 1 saturated heterocycles. The zero-order chi connectivity index (χ0) is 17.4. The monoisotopic (exact) mass is 339 g/mol. The van der Waals surface area contributed by atoms with Crippen LogP contribution in [-0.4, -0.2) is 41.3 Å². The van der Waals surface area contributed by atoms with Crippen molar-refractivity contribution in [1.82, 2.24) is 9.97 Å². The lowest BCUT2D eigenvalue weighted by Gasteiger charge is -2.04. The molecule has 3 heterocycles. The van der Waals surface area contributed by atoms with Gasteiger partial charge in [-0.05, 0) is 37.0 Å². The average Bonchev–Trinajstić information content (AvgIpc) is 3.30. The number of hydrogen-bond acceptors (Lipinski definition) is 6. The number of aromatic amines is 1. The number of ketones is 1. The highest BCUT2D eigenvalue weighted by Crippen LogP contribution is 2.31. The summed E-state index contributed by atoms with van der Waals surface area (Å²) >= 11 is 0. The molecule has 7 nitrogen and oxygen atoms in total. The number of rotatable bonds is 4. The molecule has 0 aromatic carbocycles. The number of ether oxygens (including phenoxy) is 2. The zero-order valence-electron chi connectivity index (χ0n) is 13.7. The maximum Gasteiger partial charge on any atom is 0.326 e. The molecule has 0 bridgehead atoms. The fraction of sp³-hybridized carbons (Fsp3) is 0.333. The van der Waals surface area contributed by atoms with Crippen LogP contribution in [0.1, 0.15) is 18.4 Å². The van der Waals surface area contributed by atoms with Crippen LogP contribution >= 0.6 is 0 Å². The maximum absolute atomic E-state index is 12.6. The first-order chi connectivity index (χ1) is 12.2. The molecular formula is C18H17N3O4. The van der Waals surface area contributed by atoms with E-state index in [9.17, 15) is 9.59 Å². The number of aromatic nitrogens is 2. The number of Topliss-reactive ketones (excluding diaryl/α,β-unsaturated/α-hetero) is 1. The summed E-state index contributed by atoms with van der Waals surface area (Å²) in [4.78, 5) is 36.2. The predicted octanol–water partition coefficient (Wildman–Crippen LogP) is 2.10. The molecule has 1 aliphatic heterocycles. The predicted molar refractivity (Wildman–Crippen MR) is 90.7 cm³/mol. The number of esters is 1. The van der Waals surface area contributed by atoms with Gasteiger partial charge in [-0.25, -0.2) is 4.98 Å². The Balaban J connectivity index is 1.68. The van der Waals surface area contributed by atoms with Gasteiger partial charge in [0.25, 0.3) is 0 Å². The van der Waals surface area contributed by atoms with Crippen LogP contribution in [0.3, 0.4) is 0 Å². The van der Waals surface area contributed by atoms with Crippen molar-refractivity contribution in [2.45, 2.75) is 12.8 Å². The van der Waals surface area contributed by atoms with E-state index in [2.05, 4.69) is 15.0 Å². The van der Waals surface area contributed by atoms with Crippen LogP contribution in [0.25, 0.3) is 17.1 Å². The summed E-state index contributed by atoms with van der Waals surface area (Å²) in [6.45, 7) is 0.570. The summed E-state index contributed by atoms with van der Waals surface area (Å²) < 4.78 is 10.4. The minimum atomic E-state index is -1.11. The van der Waals surface area contributed by atoms with Gasteiger partial charge in [0.1, 0.15) is 5.65 Å². The lowest BCUT2D eigenvalue weighted by atomic mass is 10.0. The Kier molecular flexibility index (Phi) is 3.83. The quantitative estimate of drug-likeness (QED) is 0.523. The molecule has 2 fully saturated rings. The molecule has 1 saturated carbocycles. The van der Waals surface area contributed by atoms with Gasteiger partial charge in [-0.1, -0.05) is 0 Å². The summed E-state index contributed by atoms with van der Waals surface area (Å²) in [5.74, 6) is -1.44. The summed E-state index contributed by atoms with van der Waals surface area (Å²) in [5, 5.41) is 0.865. The molecule has 1 atom stereocenters. The van der Waals surface area contributed by atoms with Gasteiger partial charge < -0.3 is 14.5 Å². The molecule has 2 aromatic heterocycles. The molecule has 7 heteroatoms. The van der Waals surface area contributed by atoms with Gasteiger partial charge in [0.15, 0.2) is 11.7 Å². The van der Waals surface area contributed by atoms with E-state index < -0.39 is 17.7 Å². The van der Waals surface area contributed by atoms with Crippen LogP contribution < -0.4 is 0 Å². The Morgan fingerprint density at radius 1 is 1.52 bits per heavy atom. The molecule has 0 amide bonds. The van der Waals surface area contributed by atoms with Crippen molar-refractivity contribution in [3.05, 3.63) is 35.8 Å². The third kappa shape index (κ3) is 2.93. The number of aliphatic imine (C=N–C) groups is 1. The first-order valence-electron chi connectivity index (χ1n) is 8.15.